The first-order chi connectivity index (χ1) is 22.7. The van der Waals surface area contributed by atoms with E-state index in [4.69, 9.17) is 23.3 Å². The molecule has 0 saturated carbocycles. The number of ether oxygens (including phenoxy) is 3. The van der Waals surface area contributed by atoms with Crippen LogP contribution >= 0.6 is 0 Å². The number of aryl methyl sites for hydroxylation is 1. The fourth-order valence-corrected chi connectivity index (χ4v) is 4.17. The van der Waals surface area contributed by atoms with E-state index in [9.17, 15) is 14.4 Å². The number of halogens is 1. The van der Waals surface area contributed by atoms with E-state index < -0.39 is 47.6 Å². The fraction of sp³-hybridized carbons (Fsp3) is 0.424. The Hall–Kier alpha value is -5.34. The zero-order valence-electron chi connectivity index (χ0n) is 27.9. The summed E-state index contributed by atoms with van der Waals surface area (Å²) in [6.07, 6.45) is -0.194. The number of esters is 1. The Labute approximate surface area is 276 Å². The van der Waals surface area contributed by atoms with Crippen LogP contribution in [-0.4, -0.2) is 62.5 Å². The lowest BCUT2D eigenvalue weighted by atomic mass is 10.0. The predicted octanol–water partition coefficient (Wildman–Crippen LogP) is 5.59. The number of carbonyl (C=O) groups is 3. The lowest BCUT2D eigenvalue weighted by Crippen LogP contribution is -2.48. The van der Waals surface area contributed by atoms with Crippen LogP contribution in [0.5, 0.6) is 5.75 Å². The smallest absolute Gasteiger partial charge is 0.408 e. The molecule has 0 aliphatic rings. The van der Waals surface area contributed by atoms with Gasteiger partial charge in [0, 0.05) is 17.5 Å². The summed E-state index contributed by atoms with van der Waals surface area (Å²) < 4.78 is 42.1. The summed E-state index contributed by atoms with van der Waals surface area (Å²) in [7, 11) is 0. The average Bonchev–Trinajstić information content (AvgIpc) is 3.72. The van der Waals surface area contributed by atoms with E-state index in [1.54, 1.807) is 46.8 Å². The standard InChI is InChI=1S/C33H39FN6O8/c1-8-24(45-21-13-10-19(11-14-21)27-36-25(9-2)47-39-27)30-37-28(40-48-30)20-12-15-22(23(34)16-20)29(42)38-33(6,7)18-44-26(41)17-35-31(43)46-32(3,4)5/h10-16,24H,8-9,17-18H2,1-7H3,(H,35,43)(H,38,42). The summed E-state index contributed by atoms with van der Waals surface area (Å²) in [5.74, 6) is -0.379. The van der Waals surface area contributed by atoms with Crippen molar-refractivity contribution in [3.05, 3.63) is 65.6 Å². The third-order valence-corrected chi connectivity index (χ3v) is 6.54. The molecule has 0 aliphatic heterocycles. The number of aromatic nitrogens is 4. The second-order valence-electron chi connectivity index (χ2n) is 12.4. The highest BCUT2D eigenvalue weighted by atomic mass is 19.1. The number of alkyl carbamates (subject to hydrolysis) is 1. The van der Waals surface area contributed by atoms with Gasteiger partial charge in [0.1, 0.15) is 30.3 Å². The summed E-state index contributed by atoms with van der Waals surface area (Å²) in [4.78, 5) is 45.4. The van der Waals surface area contributed by atoms with E-state index in [1.807, 2.05) is 26.0 Å². The van der Waals surface area contributed by atoms with Gasteiger partial charge in [-0.05, 0) is 77.4 Å². The molecular formula is C33H39FN6O8. The molecule has 0 saturated heterocycles. The third-order valence-electron chi connectivity index (χ3n) is 6.54. The van der Waals surface area contributed by atoms with Crippen molar-refractivity contribution in [2.45, 2.75) is 78.6 Å². The Kier molecular flexibility index (Phi) is 11.1. The summed E-state index contributed by atoms with van der Waals surface area (Å²) >= 11 is 0. The number of carbonyl (C=O) groups excluding carboxylic acids is 3. The Morgan fingerprint density at radius 1 is 0.917 bits per heavy atom. The minimum absolute atomic E-state index is 0.115. The normalized spacial score (nSPS) is 12.2. The lowest BCUT2D eigenvalue weighted by molar-refractivity contribution is -0.144. The van der Waals surface area contributed by atoms with Gasteiger partial charge in [0.2, 0.25) is 17.5 Å². The first kappa shape index (κ1) is 35.5. The summed E-state index contributed by atoms with van der Waals surface area (Å²) in [5.41, 5.74) is -0.960. The molecule has 2 amide bonds. The van der Waals surface area contributed by atoms with Crippen LogP contribution in [0.25, 0.3) is 22.8 Å². The van der Waals surface area contributed by atoms with Crippen molar-refractivity contribution in [2.75, 3.05) is 13.2 Å². The minimum Gasteiger partial charge on any atom is -0.481 e. The molecule has 4 aromatic rings. The molecule has 0 bridgehead atoms. The zero-order valence-corrected chi connectivity index (χ0v) is 27.9. The largest absolute Gasteiger partial charge is 0.481 e. The topological polar surface area (TPSA) is 181 Å². The van der Waals surface area contributed by atoms with Crippen molar-refractivity contribution in [1.82, 2.24) is 30.9 Å². The molecule has 2 N–H and O–H groups in total. The first-order valence-corrected chi connectivity index (χ1v) is 15.3. The molecule has 0 aliphatic carbocycles. The highest BCUT2D eigenvalue weighted by Gasteiger charge is 2.26. The Morgan fingerprint density at radius 3 is 2.21 bits per heavy atom. The molecule has 15 heteroatoms. The molecule has 48 heavy (non-hydrogen) atoms. The molecule has 256 valence electrons. The van der Waals surface area contributed by atoms with Gasteiger partial charge in [-0.1, -0.05) is 30.2 Å². The van der Waals surface area contributed by atoms with Crippen LogP contribution in [0.2, 0.25) is 0 Å². The maximum Gasteiger partial charge on any atom is 0.408 e. The van der Waals surface area contributed by atoms with Crippen LogP contribution in [0.15, 0.2) is 51.5 Å². The van der Waals surface area contributed by atoms with Gasteiger partial charge in [0.15, 0.2) is 6.10 Å². The maximum atomic E-state index is 15.1. The minimum atomic E-state index is -1.06. The van der Waals surface area contributed by atoms with E-state index in [0.29, 0.717) is 30.3 Å². The van der Waals surface area contributed by atoms with Crippen molar-refractivity contribution in [2.24, 2.45) is 0 Å². The van der Waals surface area contributed by atoms with Crippen LogP contribution in [0.3, 0.4) is 0 Å². The van der Waals surface area contributed by atoms with Crippen molar-refractivity contribution in [3.63, 3.8) is 0 Å². The fourth-order valence-electron chi connectivity index (χ4n) is 4.17. The summed E-state index contributed by atoms with van der Waals surface area (Å²) in [5, 5.41) is 12.9. The number of rotatable bonds is 13. The van der Waals surface area contributed by atoms with E-state index >= 15 is 4.39 Å². The number of benzene rings is 2. The molecule has 4 rings (SSSR count). The second-order valence-corrected chi connectivity index (χ2v) is 12.4. The van der Waals surface area contributed by atoms with Gasteiger partial charge in [0.05, 0.1) is 11.1 Å². The van der Waals surface area contributed by atoms with Crippen LogP contribution in [0, 0.1) is 5.82 Å². The molecule has 0 radical (unpaired) electrons. The van der Waals surface area contributed by atoms with Crippen LogP contribution < -0.4 is 15.4 Å². The molecule has 0 spiro atoms. The van der Waals surface area contributed by atoms with Gasteiger partial charge in [0.25, 0.3) is 11.8 Å². The Balaban J connectivity index is 1.33. The van der Waals surface area contributed by atoms with Gasteiger partial charge in [-0.15, -0.1) is 0 Å². The van der Waals surface area contributed by atoms with Gasteiger partial charge in [-0.25, -0.2) is 9.18 Å². The van der Waals surface area contributed by atoms with Gasteiger partial charge < -0.3 is 33.9 Å². The second kappa shape index (κ2) is 15.0. The number of nitrogens with one attached hydrogen (secondary N) is 2. The summed E-state index contributed by atoms with van der Waals surface area (Å²) in [6, 6.07) is 11.1. The van der Waals surface area contributed by atoms with Gasteiger partial charge in [-0.2, -0.15) is 9.97 Å². The first-order valence-electron chi connectivity index (χ1n) is 15.3. The molecule has 0 fully saturated rings. The Morgan fingerprint density at radius 2 is 1.58 bits per heavy atom. The van der Waals surface area contributed by atoms with E-state index in [0.717, 1.165) is 11.6 Å². The monoisotopic (exact) mass is 666 g/mol. The maximum absolute atomic E-state index is 15.1. The van der Waals surface area contributed by atoms with E-state index in [2.05, 4.69) is 30.9 Å². The van der Waals surface area contributed by atoms with Gasteiger partial charge >= 0.3 is 12.1 Å². The number of nitrogens with zero attached hydrogens (tertiary/aromatic N) is 4. The lowest BCUT2D eigenvalue weighted by Gasteiger charge is -2.26. The average molecular weight is 667 g/mol. The third kappa shape index (κ3) is 9.83. The van der Waals surface area contributed by atoms with Crippen molar-refractivity contribution in [1.29, 1.82) is 0 Å². The molecule has 2 aromatic carbocycles. The summed E-state index contributed by atoms with van der Waals surface area (Å²) in [6.45, 7) is 11.4. The van der Waals surface area contributed by atoms with E-state index in [-0.39, 0.29) is 29.4 Å². The quantitative estimate of drug-likeness (QED) is 0.169. The zero-order chi connectivity index (χ0) is 35.1. The molecule has 2 aromatic heterocycles. The SMILES string of the molecule is CCc1nc(-c2ccc(OC(CC)c3nc(-c4ccc(C(=O)NC(C)(C)COC(=O)CNC(=O)OC(C)(C)C)c(F)c4)no3)cc2)no1. The number of amides is 2. The van der Waals surface area contributed by atoms with Crippen LogP contribution in [0.1, 0.15) is 83.1 Å². The van der Waals surface area contributed by atoms with Crippen LogP contribution in [0.4, 0.5) is 9.18 Å². The van der Waals surface area contributed by atoms with Crippen molar-refractivity contribution in [3.8, 4) is 28.5 Å². The van der Waals surface area contributed by atoms with Crippen molar-refractivity contribution >= 4 is 18.0 Å². The molecule has 1 unspecified atom stereocenters. The van der Waals surface area contributed by atoms with Crippen molar-refractivity contribution < 1.29 is 42.0 Å². The molecule has 14 nitrogen and oxygen atoms in total. The number of hydrogen-bond donors (Lipinski definition) is 2. The number of hydrogen-bond acceptors (Lipinski definition) is 12. The highest BCUT2D eigenvalue weighted by Crippen LogP contribution is 2.28. The predicted molar refractivity (Wildman–Crippen MR) is 169 cm³/mol. The van der Waals surface area contributed by atoms with Crippen LogP contribution in [-0.2, 0) is 20.7 Å². The van der Waals surface area contributed by atoms with E-state index in [1.165, 1.54) is 12.1 Å². The van der Waals surface area contributed by atoms with Gasteiger partial charge in [-0.3, -0.25) is 9.59 Å². The molecule has 2 heterocycles. The molecule has 1 atom stereocenters. The molecular weight excluding hydrogens is 627 g/mol. The Bertz CT molecular complexity index is 1730. The highest BCUT2D eigenvalue weighted by molar-refractivity contribution is 5.95.